The second kappa shape index (κ2) is 10.6. The number of carbonyl (C=O) groups is 3. The maximum Gasteiger partial charge on any atom is 0.243 e. The average Bonchev–Trinajstić information content (AvgIpc) is 3.17. The van der Waals surface area contributed by atoms with E-state index in [2.05, 4.69) is 10.6 Å². The van der Waals surface area contributed by atoms with Crippen molar-refractivity contribution in [2.75, 3.05) is 19.6 Å². The Hall–Kier alpha value is -2.45. The van der Waals surface area contributed by atoms with E-state index < -0.39 is 12.1 Å². The van der Waals surface area contributed by atoms with Crippen LogP contribution in [0.4, 0.5) is 0 Å². The van der Waals surface area contributed by atoms with Crippen LogP contribution in [-0.2, 0) is 20.9 Å². The van der Waals surface area contributed by atoms with Gasteiger partial charge in [-0.2, -0.15) is 0 Å². The third-order valence-electron chi connectivity index (χ3n) is 4.63. The van der Waals surface area contributed by atoms with Gasteiger partial charge in [-0.15, -0.1) is 0 Å². The van der Waals surface area contributed by atoms with Gasteiger partial charge < -0.3 is 27.0 Å². The topological polar surface area (TPSA) is 131 Å². The van der Waals surface area contributed by atoms with E-state index >= 15 is 0 Å². The third-order valence-corrected chi connectivity index (χ3v) is 4.63. The van der Waals surface area contributed by atoms with Crippen LogP contribution in [-0.4, -0.2) is 54.3 Å². The zero-order chi connectivity index (χ0) is 19.6. The highest BCUT2D eigenvalue weighted by molar-refractivity contribution is 5.89. The number of nitrogens with two attached hydrogens (primary N) is 2. The highest BCUT2D eigenvalue weighted by Crippen LogP contribution is 2.18. The zero-order valence-corrected chi connectivity index (χ0v) is 15.5. The van der Waals surface area contributed by atoms with Crippen LogP contribution in [0.3, 0.4) is 0 Å². The summed E-state index contributed by atoms with van der Waals surface area (Å²) in [6.45, 7) is 1.39. The van der Waals surface area contributed by atoms with Gasteiger partial charge in [0.15, 0.2) is 0 Å². The van der Waals surface area contributed by atoms with Crippen molar-refractivity contribution in [1.82, 2.24) is 15.5 Å². The lowest BCUT2D eigenvalue weighted by Gasteiger charge is -2.26. The Kier molecular flexibility index (Phi) is 8.22. The quantitative estimate of drug-likeness (QED) is 0.461. The molecule has 27 heavy (non-hydrogen) atoms. The lowest BCUT2D eigenvalue weighted by molar-refractivity contribution is -0.138. The smallest absolute Gasteiger partial charge is 0.243 e. The Labute approximate surface area is 159 Å². The van der Waals surface area contributed by atoms with Crippen LogP contribution in [0.2, 0.25) is 0 Å². The maximum absolute atomic E-state index is 12.6. The van der Waals surface area contributed by atoms with Crippen LogP contribution in [0.1, 0.15) is 31.2 Å². The second-order valence-electron chi connectivity index (χ2n) is 6.69. The summed E-state index contributed by atoms with van der Waals surface area (Å²) in [6, 6.07) is 8.60. The fourth-order valence-electron chi connectivity index (χ4n) is 3.19. The van der Waals surface area contributed by atoms with Gasteiger partial charge >= 0.3 is 0 Å². The summed E-state index contributed by atoms with van der Waals surface area (Å²) < 4.78 is 0. The van der Waals surface area contributed by atoms with Crippen LogP contribution >= 0.6 is 0 Å². The van der Waals surface area contributed by atoms with Crippen molar-refractivity contribution < 1.29 is 14.4 Å². The molecule has 1 heterocycles. The molecule has 0 bridgehead atoms. The number of hydrogen-bond donors (Lipinski definition) is 4. The first kappa shape index (κ1) is 20.9. The molecule has 0 aromatic heterocycles. The molecule has 6 N–H and O–H groups in total. The number of rotatable bonds is 9. The average molecular weight is 375 g/mol. The summed E-state index contributed by atoms with van der Waals surface area (Å²) in [4.78, 5) is 38.4. The number of nitrogens with zero attached hydrogens (tertiary/aromatic N) is 1. The minimum absolute atomic E-state index is 0.0958. The molecule has 3 amide bonds. The van der Waals surface area contributed by atoms with Crippen molar-refractivity contribution in [1.29, 1.82) is 0 Å². The number of likely N-dealkylation sites (tertiary alicyclic amines) is 1. The highest BCUT2D eigenvalue weighted by Gasteiger charge is 2.34. The lowest BCUT2D eigenvalue weighted by atomic mass is 10.1. The van der Waals surface area contributed by atoms with E-state index in [4.69, 9.17) is 11.5 Å². The van der Waals surface area contributed by atoms with E-state index in [1.54, 1.807) is 4.90 Å². The van der Waals surface area contributed by atoms with Gasteiger partial charge in [0, 0.05) is 45.1 Å². The first-order valence-corrected chi connectivity index (χ1v) is 9.35. The van der Waals surface area contributed by atoms with Gasteiger partial charge in [-0.1, -0.05) is 30.3 Å². The second-order valence-corrected chi connectivity index (χ2v) is 6.69. The van der Waals surface area contributed by atoms with Crippen LogP contribution in [0, 0.1) is 0 Å². The van der Waals surface area contributed by atoms with E-state index in [1.807, 2.05) is 30.3 Å². The molecule has 0 radical (unpaired) electrons. The fraction of sp³-hybridized carbons (Fsp3) is 0.526. The van der Waals surface area contributed by atoms with Crippen molar-refractivity contribution >= 4 is 17.7 Å². The number of nitrogens with one attached hydrogen (secondary N) is 2. The van der Waals surface area contributed by atoms with Crippen molar-refractivity contribution in [2.24, 2.45) is 11.5 Å². The van der Waals surface area contributed by atoms with Gasteiger partial charge in [-0.05, 0) is 18.4 Å². The largest absolute Gasteiger partial charge is 0.352 e. The molecule has 2 unspecified atom stereocenters. The van der Waals surface area contributed by atoms with E-state index in [0.717, 1.165) is 12.0 Å². The van der Waals surface area contributed by atoms with Crippen molar-refractivity contribution in [3.63, 3.8) is 0 Å². The molecule has 0 saturated carbocycles. The summed E-state index contributed by atoms with van der Waals surface area (Å²) in [7, 11) is 0. The van der Waals surface area contributed by atoms with Crippen LogP contribution in [0.25, 0.3) is 0 Å². The van der Waals surface area contributed by atoms with Crippen LogP contribution in [0.5, 0.6) is 0 Å². The summed E-state index contributed by atoms with van der Waals surface area (Å²) >= 11 is 0. The van der Waals surface area contributed by atoms with Gasteiger partial charge in [0.1, 0.15) is 6.04 Å². The molecule has 1 aliphatic rings. The minimum Gasteiger partial charge on any atom is -0.352 e. The molecule has 0 spiro atoms. The molecular weight excluding hydrogens is 346 g/mol. The normalized spacial score (nSPS) is 17.4. The van der Waals surface area contributed by atoms with Gasteiger partial charge in [0.05, 0.1) is 0 Å². The number of hydrogen-bond acceptors (Lipinski definition) is 5. The summed E-state index contributed by atoms with van der Waals surface area (Å²) in [5.74, 6) is -0.554. The van der Waals surface area contributed by atoms with E-state index in [-0.39, 0.29) is 43.7 Å². The van der Waals surface area contributed by atoms with E-state index in [1.165, 1.54) is 0 Å². The molecule has 8 heteroatoms. The van der Waals surface area contributed by atoms with Crippen molar-refractivity contribution in [2.45, 2.75) is 44.3 Å². The summed E-state index contributed by atoms with van der Waals surface area (Å²) in [5.41, 5.74) is 12.2. The first-order valence-electron chi connectivity index (χ1n) is 9.35. The Bertz CT molecular complexity index is 637. The van der Waals surface area contributed by atoms with E-state index in [0.29, 0.717) is 19.5 Å². The summed E-state index contributed by atoms with van der Waals surface area (Å²) in [6.07, 6.45) is 1.71. The molecule has 1 aromatic carbocycles. The molecule has 1 saturated heterocycles. The predicted molar refractivity (Wildman–Crippen MR) is 102 cm³/mol. The summed E-state index contributed by atoms with van der Waals surface area (Å²) in [5, 5.41) is 5.64. The number of carbonyl (C=O) groups excluding carboxylic acids is 3. The Balaban J connectivity index is 1.83. The van der Waals surface area contributed by atoms with Crippen LogP contribution < -0.4 is 22.1 Å². The highest BCUT2D eigenvalue weighted by atomic mass is 16.2. The third kappa shape index (κ3) is 6.33. The standard InChI is InChI=1S/C19H29N5O3/c20-9-8-18(26)24-10-4-7-16(24)19(27)23-15(12-21)11-17(25)22-13-14-5-2-1-3-6-14/h1-3,5-6,15-16H,4,7-13,20-21H2,(H,22,25)(H,23,27). The minimum atomic E-state index is -0.509. The Morgan fingerprint density at radius 2 is 1.93 bits per heavy atom. The molecule has 8 nitrogen and oxygen atoms in total. The molecular formula is C19H29N5O3. The molecule has 2 rings (SSSR count). The number of amides is 3. The Morgan fingerprint density at radius 3 is 2.59 bits per heavy atom. The number of benzene rings is 1. The van der Waals surface area contributed by atoms with Gasteiger partial charge in [-0.3, -0.25) is 14.4 Å². The molecule has 1 fully saturated rings. The van der Waals surface area contributed by atoms with Crippen molar-refractivity contribution in [3.8, 4) is 0 Å². The van der Waals surface area contributed by atoms with Gasteiger partial charge in [0.2, 0.25) is 17.7 Å². The lowest BCUT2D eigenvalue weighted by Crippen LogP contribution is -2.51. The van der Waals surface area contributed by atoms with Gasteiger partial charge in [0.25, 0.3) is 0 Å². The van der Waals surface area contributed by atoms with E-state index in [9.17, 15) is 14.4 Å². The van der Waals surface area contributed by atoms with Crippen molar-refractivity contribution in [3.05, 3.63) is 35.9 Å². The first-order chi connectivity index (χ1) is 13.0. The SMILES string of the molecule is NCCC(=O)N1CCCC1C(=O)NC(CN)CC(=O)NCc1ccccc1. The fourth-order valence-corrected chi connectivity index (χ4v) is 3.19. The van der Waals surface area contributed by atoms with Gasteiger partial charge in [-0.25, -0.2) is 0 Å². The molecule has 1 aromatic rings. The molecule has 1 aliphatic heterocycles. The van der Waals surface area contributed by atoms with Crippen LogP contribution in [0.15, 0.2) is 30.3 Å². The zero-order valence-electron chi connectivity index (χ0n) is 15.5. The predicted octanol–water partition coefficient (Wildman–Crippen LogP) is -0.524. The maximum atomic E-state index is 12.6. The molecule has 0 aliphatic carbocycles. The Morgan fingerprint density at radius 1 is 1.19 bits per heavy atom. The molecule has 148 valence electrons. The molecule has 2 atom stereocenters. The monoisotopic (exact) mass is 375 g/mol.